The minimum absolute atomic E-state index is 0.192. The first-order chi connectivity index (χ1) is 14.1. The van der Waals surface area contributed by atoms with Gasteiger partial charge in [-0.15, -0.1) is 12.3 Å². The van der Waals surface area contributed by atoms with E-state index in [4.69, 9.17) is 6.42 Å². The van der Waals surface area contributed by atoms with Crippen molar-refractivity contribution in [2.24, 2.45) is 0 Å². The second-order valence-corrected chi connectivity index (χ2v) is 6.40. The largest absolute Gasteiger partial charge is 0.323 e. The van der Waals surface area contributed by atoms with Crippen molar-refractivity contribution in [3.05, 3.63) is 78.6 Å². The molecular formula is C24H21N3O2. The van der Waals surface area contributed by atoms with Gasteiger partial charge in [-0.25, -0.2) is 4.98 Å². The maximum atomic E-state index is 12.9. The smallest absolute Gasteiger partial charge is 0.247 e. The SMILES string of the molecule is C#CCCCn1c(C(=O)/C=C/c2cccc(NC(=O)C=C)c2)nc2ccccc21. The molecular weight excluding hydrogens is 362 g/mol. The molecule has 0 unspecified atom stereocenters. The van der Waals surface area contributed by atoms with Crippen molar-refractivity contribution in [1.82, 2.24) is 9.55 Å². The number of hydrogen-bond donors (Lipinski definition) is 1. The predicted molar refractivity (Wildman–Crippen MR) is 116 cm³/mol. The van der Waals surface area contributed by atoms with Gasteiger partial charge in [-0.1, -0.05) is 36.9 Å². The fourth-order valence-corrected chi connectivity index (χ4v) is 2.99. The first-order valence-electron chi connectivity index (χ1n) is 9.27. The van der Waals surface area contributed by atoms with E-state index < -0.39 is 0 Å². The van der Waals surface area contributed by atoms with E-state index in [1.54, 1.807) is 24.3 Å². The summed E-state index contributed by atoms with van der Waals surface area (Å²) in [5, 5.41) is 2.70. The molecule has 1 aromatic heterocycles. The highest BCUT2D eigenvalue weighted by Crippen LogP contribution is 2.18. The van der Waals surface area contributed by atoms with E-state index in [2.05, 4.69) is 22.8 Å². The van der Waals surface area contributed by atoms with Crippen LogP contribution in [0.4, 0.5) is 5.69 Å². The normalized spacial score (nSPS) is 10.7. The monoisotopic (exact) mass is 383 g/mol. The number of terminal acetylenes is 1. The number of fused-ring (bicyclic) bond motifs is 1. The molecule has 0 fully saturated rings. The molecule has 0 aliphatic carbocycles. The molecule has 5 nitrogen and oxygen atoms in total. The van der Waals surface area contributed by atoms with Gasteiger partial charge in [-0.3, -0.25) is 9.59 Å². The van der Waals surface area contributed by atoms with Gasteiger partial charge in [0.1, 0.15) is 0 Å². The van der Waals surface area contributed by atoms with Crippen molar-refractivity contribution in [1.29, 1.82) is 0 Å². The molecule has 1 heterocycles. The van der Waals surface area contributed by atoms with Crippen LogP contribution in [0, 0.1) is 12.3 Å². The highest BCUT2D eigenvalue weighted by molar-refractivity contribution is 6.06. The molecule has 0 aliphatic heterocycles. The van der Waals surface area contributed by atoms with Crippen molar-refractivity contribution in [2.75, 3.05) is 5.32 Å². The van der Waals surface area contributed by atoms with E-state index in [9.17, 15) is 9.59 Å². The lowest BCUT2D eigenvalue weighted by Gasteiger charge is -2.06. The molecule has 144 valence electrons. The van der Waals surface area contributed by atoms with Crippen molar-refractivity contribution in [3.8, 4) is 12.3 Å². The zero-order valence-electron chi connectivity index (χ0n) is 16.0. The van der Waals surface area contributed by atoms with Crippen LogP contribution in [0.2, 0.25) is 0 Å². The van der Waals surface area contributed by atoms with Gasteiger partial charge in [-0.2, -0.15) is 0 Å². The molecule has 0 saturated heterocycles. The van der Waals surface area contributed by atoms with E-state index in [-0.39, 0.29) is 11.7 Å². The predicted octanol–water partition coefficient (Wildman–Crippen LogP) is 4.47. The van der Waals surface area contributed by atoms with Crippen LogP contribution in [-0.4, -0.2) is 21.2 Å². The zero-order valence-corrected chi connectivity index (χ0v) is 16.0. The summed E-state index contributed by atoms with van der Waals surface area (Å²) in [6, 6.07) is 14.9. The van der Waals surface area contributed by atoms with Crippen LogP contribution >= 0.6 is 0 Å². The molecule has 1 amide bonds. The van der Waals surface area contributed by atoms with Crippen LogP contribution in [0.1, 0.15) is 29.0 Å². The Hall–Kier alpha value is -3.91. The van der Waals surface area contributed by atoms with Crippen molar-refractivity contribution < 1.29 is 9.59 Å². The molecule has 0 atom stereocenters. The Bertz CT molecular complexity index is 1130. The summed E-state index contributed by atoms with van der Waals surface area (Å²) >= 11 is 0. The van der Waals surface area contributed by atoms with Crippen LogP contribution in [-0.2, 0) is 11.3 Å². The summed E-state index contributed by atoms with van der Waals surface area (Å²) in [5.74, 6) is 2.53. The molecule has 0 spiro atoms. The van der Waals surface area contributed by atoms with E-state index in [0.717, 1.165) is 23.0 Å². The Balaban J connectivity index is 1.85. The molecule has 2 aromatic carbocycles. The van der Waals surface area contributed by atoms with Gasteiger partial charge in [-0.05, 0) is 48.4 Å². The summed E-state index contributed by atoms with van der Waals surface area (Å²) in [6.45, 7) is 4.06. The highest BCUT2D eigenvalue weighted by Gasteiger charge is 2.15. The highest BCUT2D eigenvalue weighted by atomic mass is 16.1. The Morgan fingerprint density at radius 2 is 2.03 bits per heavy atom. The van der Waals surface area contributed by atoms with Crippen LogP contribution in [0.3, 0.4) is 0 Å². The second kappa shape index (κ2) is 9.34. The number of imidazole rings is 1. The van der Waals surface area contributed by atoms with Gasteiger partial charge in [0.2, 0.25) is 11.7 Å². The number of rotatable bonds is 8. The number of amides is 1. The number of carbonyl (C=O) groups excluding carboxylic acids is 2. The van der Waals surface area contributed by atoms with Crippen molar-refractivity contribution in [2.45, 2.75) is 19.4 Å². The van der Waals surface area contributed by atoms with Gasteiger partial charge < -0.3 is 9.88 Å². The number of anilines is 1. The van der Waals surface area contributed by atoms with Crippen LogP contribution in [0.25, 0.3) is 17.1 Å². The summed E-state index contributed by atoms with van der Waals surface area (Å²) in [4.78, 5) is 28.8. The topological polar surface area (TPSA) is 64.0 Å². The van der Waals surface area contributed by atoms with Crippen molar-refractivity contribution in [3.63, 3.8) is 0 Å². The van der Waals surface area contributed by atoms with Crippen LogP contribution in [0.15, 0.2) is 67.3 Å². The second-order valence-electron chi connectivity index (χ2n) is 6.40. The molecule has 1 N–H and O–H groups in total. The number of aryl methyl sites for hydroxylation is 1. The molecule has 0 radical (unpaired) electrons. The Labute approximate surface area is 169 Å². The number of hydrogen-bond acceptors (Lipinski definition) is 3. The minimum Gasteiger partial charge on any atom is -0.323 e. The first kappa shape index (κ1) is 19.8. The average molecular weight is 383 g/mol. The number of unbranched alkanes of at least 4 members (excludes halogenated alkanes) is 1. The van der Waals surface area contributed by atoms with Gasteiger partial charge >= 0.3 is 0 Å². The number of nitrogens with one attached hydrogen (secondary N) is 1. The Morgan fingerprint density at radius 1 is 1.21 bits per heavy atom. The lowest BCUT2D eigenvalue weighted by molar-refractivity contribution is -0.111. The summed E-state index contributed by atoms with van der Waals surface area (Å²) in [5.41, 5.74) is 3.11. The molecule has 29 heavy (non-hydrogen) atoms. The number of benzene rings is 2. The number of aromatic nitrogens is 2. The summed E-state index contributed by atoms with van der Waals surface area (Å²) in [6.07, 6.45) is 11.2. The first-order valence-corrected chi connectivity index (χ1v) is 9.27. The molecule has 5 heteroatoms. The van der Waals surface area contributed by atoms with Crippen LogP contribution in [0.5, 0.6) is 0 Å². The van der Waals surface area contributed by atoms with E-state index >= 15 is 0 Å². The number of carbonyl (C=O) groups is 2. The third-order valence-electron chi connectivity index (χ3n) is 4.34. The van der Waals surface area contributed by atoms with Crippen LogP contribution < -0.4 is 5.32 Å². The number of para-hydroxylation sites is 2. The lowest BCUT2D eigenvalue weighted by atomic mass is 10.1. The van der Waals surface area contributed by atoms with Gasteiger partial charge in [0.25, 0.3) is 0 Å². The number of nitrogens with zero attached hydrogens (tertiary/aromatic N) is 2. The molecule has 3 aromatic rings. The van der Waals surface area contributed by atoms with E-state index in [0.29, 0.717) is 24.5 Å². The third-order valence-corrected chi connectivity index (χ3v) is 4.34. The Kier molecular flexibility index (Phi) is 6.39. The lowest BCUT2D eigenvalue weighted by Crippen LogP contribution is -2.09. The molecule has 0 saturated carbocycles. The minimum atomic E-state index is -0.289. The quantitative estimate of drug-likeness (QED) is 0.270. The average Bonchev–Trinajstić information content (AvgIpc) is 3.11. The summed E-state index contributed by atoms with van der Waals surface area (Å²) < 4.78 is 1.92. The van der Waals surface area contributed by atoms with E-state index in [1.807, 2.05) is 34.9 Å². The van der Waals surface area contributed by atoms with Gasteiger partial charge in [0, 0.05) is 18.7 Å². The van der Waals surface area contributed by atoms with E-state index in [1.165, 1.54) is 12.2 Å². The van der Waals surface area contributed by atoms with Crippen molar-refractivity contribution >= 4 is 34.5 Å². The number of ketones is 1. The standard InChI is InChI=1S/C24H21N3O2/c1-3-5-8-16-27-21-13-7-6-12-20(21)26-24(27)22(28)15-14-18-10-9-11-19(17-18)25-23(29)4-2/h1,4,6-7,9-15,17H,2,5,8,16H2,(H,25,29)/b15-14+. The van der Waals surface area contributed by atoms with Gasteiger partial charge in [0.05, 0.1) is 11.0 Å². The maximum absolute atomic E-state index is 12.9. The fourth-order valence-electron chi connectivity index (χ4n) is 2.99. The summed E-state index contributed by atoms with van der Waals surface area (Å²) in [7, 11) is 0. The molecule has 0 aliphatic rings. The zero-order chi connectivity index (χ0) is 20.6. The van der Waals surface area contributed by atoms with Gasteiger partial charge in [0.15, 0.2) is 5.82 Å². The number of allylic oxidation sites excluding steroid dienone is 1. The maximum Gasteiger partial charge on any atom is 0.247 e. The Morgan fingerprint density at radius 3 is 2.83 bits per heavy atom. The molecule has 3 rings (SSSR count). The fraction of sp³-hybridized carbons (Fsp3) is 0.125. The molecule has 0 bridgehead atoms. The third kappa shape index (κ3) is 4.88.